The van der Waals surface area contributed by atoms with Gasteiger partial charge in [-0.25, -0.2) is 9.97 Å². The summed E-state index contributed by atoms with van der Waals surface area (Å²) in [4.78, 5) is 13.6. The molecule has 6 nitrogen and oxygen atoms in total. The van der Waals surface area contributed by atoms with Gasteiger partial charge in [0.25, 0.3) is 0 Å². The second-order valence-corrected chi connectivity index (χ2v) is 5.41. The molecule has 0 bridgehead atoms. The van der Waals surface area contributed by atoms with Crippen LogP contribution < -0.4 is 11.1 Å². The Bertz CT molecular complexity index is 792. The number of rotatable bonds is 6. The van der Waals surface area contributed by atoms with Crippen molar-refractivity contribution in [2.45, 2.75) is 32.7 Å². The van der Waals surface area contributed by atoms with Crippen molar-refractivity contribution in [3.05, 3.63) is 24.2 Å². The molecule has 3 heterocycles. The van der Waals surface area contributed by atoms with E-state index in [4.69, 9.17) is 10.7 Å². The summed E-state index contributed by atoms with van der Waals surface area (Å²) in [5.41, 5.74) is 9.61. The number of aromatic nitrogens is 4. The van der Waals surface area contributed by atoms with E-state index < -0.39 is 0 Å². The summed E-state index contributed by atoms with van der Waals surface area (Å²) in [7, 11) is 1.98. The first-order chi connectivity index (χ1) is 10.8. The molecule has 0 aliphatic heterocycles. The fourth-order valence-electron chi connectivity index (χ4n) is 2.85. The van der Waals surface area contributed by atoms with Crippen LogP contribution >= 0.6 is 0 Å². The van der Waals surface area contributed by atoms with Crippen molar-refractivity contribution < 1.29 is 0 Å². The monoisotopic (exact) mass is 298 g/mol. The third-order valence-electron chi connectivity index (χ3n) is 3.92. The fraction of sp³-hybridized carbons (Fsp3) is 0.438. The first-order valence-corrected chi connectivity index (χ1v) is 7.80. The Morgan fingerprint density at radius 1 is 1.23 bits per heavy atom. The highest BCUT2D eigenvalue weighted by atomic mass is 15.1. The van der Waals surface area contributed by atoms with Crippen molar-refractivity contribution in [1.82, 2.24) is 24.8 Å². The molecule has 0 aromatic carbocycles. The van der Waals surface area contributed by atoms with E-state index >= 15 is 0 Å². The summed E-state index contributed by atoms with van der Waals surface area (Å²) >= 11 is 0. The molecule has 0 aliphatic rings. The zero-order valence-corrected chi connectivity index (χ0v) is 13.1. The van der Waals surface area contributed by atoms with Crippen molar-refractivity contribution in [1.29, 1.82) is 0 Å². The molecule has 22 heavy (non-hydrogen) atoms. The van der Waals surface area contributed by atoms with Gasteiger partial charge in [0.15, 0.2) is 5.82 Å². The Balaban J connectivity index is 2.15. The van der Waals surface area contributed by atoms with Gasteiger partial charge in [-0.15, -0.1) is 0 Å². The minimum absolute atomic E-state index is 0.485. The summed E-state index contributed by atoms with van der Waals surface area (Å²) in [5.74, 6) is 1.53. The van der Waals surface area contributed by atoms with Gasteiger partial charge in [-0.05, 0) is 38.6 Å². The molecule has 0 fully saturated rings. The van der Waals surface area contributed by atoms with Crippen LogP contribution in [0.15, 0.2) is 18.3 Å². The molecular formula is C16H22N6. The molecule has 0 radical (unpaired) electrons. The van der Waals surface area contributed by atoms with Crippen molar-refractivity contribution in [3.8, 4) is 0 Å². The number of hydrogen-bond donors (Lipinski definition) is 2. The van der Waals surface area contributed by atoms with Crippen LogP contribution in [0.25, 0.3) is 22.1 Å². The van der Waals surface area contributed by atoms with Crippen LogP contribution in [0.4, 0.5) is 5.82 Å². The number of nitrogen functional groups attached to an aromatic ring is 1. The van der Waals surface area contributed by atoms with Crippen LogP contribution in [0.1, 0.15) is 25.6 Å². The average Bonchev–Trinajstić information content (AvgIpc) is 2.91. The van der Waals surface area contributed by atoms with E-state index in [0.717, 1.165) is 60.2 Å². The second kappa shape index (κ2) is 6.27. The number of fused-ring (bicyclic) bond motifs is 3. The first kappa shape index (κ1) is 14.7. The summed E-state index contributed by atoms with van der Waals surface area (Å²) < 4.78 is 2.26. The van der Waals surface area contributed by atoms with E-state index in [1.165, 1.54) is 0 Å². The first-order valence-electron chi connectivity index (χ1n) is 7.80. The number of nitrogens with two attached hydrogens (primary N) is 1. The van der Waals surface area contributed by atoms with Gasteiger partial charge in [-0.3, -0.25) is 4.98 Å². The minimum Gasteiger partial charge on any atom is -0.382 e. The second-order valence-electron chi connectivity index (χ2n) is 5.41. The summed E-state index contributed by atoms with van der Waals surface area (Å²) in [6.07, 6.45) is 4.89. The van der Waals surface area contributed by atoms with Gasteiger partial charge in [0, 0.05) is 19.2 Å². The standard InChI is InChI=1S/C16H22N6/c1-3-12-21-14-15(22(12)10-5-4-8-18-2)13-11(20-16(14)17)7-6-9-19-13/h6-7,9,18H,3-5,8,10H2,1-2H3,(H2,17,20). The number of anilines is 1. The summed E-state index contributed by atoms with van der Waals surface area (Å²) in [6.45, 7) is 4.07. The molecule has 0 aliphatic carbocycles. The number of aryl methyl sites for hydroxylation is 2. The number of imidazole rings is 1. The third kappa shape index (κ3) is 2.50. The minimum atomic E-state index is 0.485. The average molecular weight is 298 g/mol. The highest BCUT2D eigenvalue weighted by molar-refractivity contribution is 6.04. The SMILES string of the molecule is CCc1nc2c(N)nc3cccnc3c2n1CCCCNC. The Hall–Kier alpha value is -2.21. The van der Waals surface area contributed by atoms with E-state index in [1.54, 1.807) is 6.20 Å². The maximum Gasteiger partial charge on any atom is 0.152 e. The highest BCUT2D eigenvalue weighted by Gasteiger charge is 2.16. The lowest BCUT2D eigenvalue weighted by Crippen LogP contribution is -2.10. The predicted octanol–water partition coefficient (Wildman–Crippen LogP) is 2.12. The Morgan fingerprint density at radius 2 is 2.09 bits per heavy atom. The lowest BCUT2D eigenvalue weighted by atomic mass is 10.2. The quantitative estimate of drug-likeness (QED) is 0.681. The van der Waals surface area contributed by atoms with Gasteiger partial charge in [-0.2, -0.15) is 0 Å². The molecule has 116 valence electrons. The Labute approximate surface area is 129 Å². The molecule has 0 atom stereocenters. The lowest BCUT2D eigenvalue weighted by molar-refractivity contribution is 0.585. The molecule has 6 heteroatoms. The number of nitrogens with one attached hydrogen (secondary N) is 1. The molecule has 0 amide bonds. The van der Waals surface area contributed by atoms with Crippen molar-refractivity contribution in [2.24, 2.45) is 0 Å². The molecular weight excluding hydrogens is 276 g/mol. The van der Waals surface area contributed by atoms with Crippen molar-refractivity contribution in [2.75, 3.05) is 19.3 Å². The molecule has 3 aromatic rings. The van der Waals surface area contributed by atoms with Crippen molar-refractivity contribution >= 4 is 27.9 Å². The largest absolute Gasteiger partial charge is 0.382 e. The van der Waals surface area contributed by atoms with Gasteiger partial charge in [0.05, 0.1) is 5.52 Å². The topological polar surface area (TPSA) is 81.7 Å². The molecule has 3 N–H and O–H groups in total. The lowest BCUT2D eigenvalue weighted by Gasteiger charge is -2.09. The molecule has 0 saturated heterocycles. The van der Waals surface area contributed by atoms with Crippen LogP contribution in [0.5, 0.6) is 0 Å². The van der Waals surface area contributed by atoms with Crippen molar-refractivity contribution in [3.63, 3.8) is 0 Å². The number of pyridine rings is 2. The van der Waals surface area contributed by atoms with Gasteiger partial charge in [0.1, 0.15) is 22.4 Å². The van der Waals surface area contributed by atoms with Gasteiger partial charge >= 0.3 is 0 Å². The van der Waals surface area contributed by atoms with Crippen LogP contribution in [0.2, 0.25) is 0 Å². The van der Waals surface area contributed by atoms with E-state index in [-0.39, 0.29) is 0 Å². The van der Waals surface area contributed by atoms with Crippen LogP contribution in [0, 0.1) is 0 Å². The van der Waals surface area contributed by atoms with Gasteiger partial charge in [0.2, 0.25) is 0 Å². The fourth-order valence-corrected chi connectivity index (χ4v) is 2.85. The summed E-state index contributed by atoms with van der Waals surface area (Å²) in [6, 6.07) is 3.83. The van der Waals surface area contributed by atoms with Crippen LogP contribution in [0.3, 0.4) is 0 Å². The number of nitrogens with zero attached hydrogens (tertiary/aromatic N) is 4. The van der Waals surface area contributed by atoms with Gasteiger partial charge in [-0.1, -0.05) is 6.92 Å². The van der Waals surface area contributed by atoms with E-state index in [1.807, 2.05) is 19.2 Å². The molecule has 3 rings (SSSR count). The molecule has 3 aromatic heterocycles. The van der Waals surface area contributed by atoms with Gasteiger partial charge < -0.3 is 15.6 Å². The maximum absolute atomic E-state index is 6.11. The van der Waals surface area contributed by atoms with E-state index in [2.05, 4.69) is 26.8 Å². The number of hydrogen-bond acceptors (Lipinski definition) is 5. The molecule has 0 unspecified atom stereocenters. The van der Waals surface area contributed by atoms with E-state index in [9.17, 15) is 0 Å². The summed E-state index contributed by atoms with van der Waals surface area (Å²) in [5, 5.41) is 3.19. The maximum atomic E-state index is 6.11. The third-order valence-corrected chi connectivity index (χ3v) is 3.92. The molecule has 0 spiro atoms. The van der Waals surface area contributed by atoms with Crippen LogP contribution in [-0.4, -0.2) is 33.1 Å². The van der Waals surface area contributed by atoms with Crippen LogP contribution in [-0.2, 0) is 13.0 Å². The zero-order chi connectivity index (χ0) is 15.5. The normalized spacial score (nSPS) is 11.5. The highest BCUT2D eigenvalue weighted by Crippen LogP contribution is 2.27. The zero-order valence-electron chi connectivity index (χ0n) is 13.1. The van der Waals surface area contributed by atoms with E-state index in [0.29, 0.717) is 5.82 Å². The predicted molar refractivity (Wildman–Crippen MR) is 89.8 cm³/mol. The number of unbranched alkanes of at least 4 members (excludes halogenated alkanes) is 1. The molecule has 0 saturated carbocycles. The smallest absolute Gasteiger partial charge is 0.152 e. The Kier molecular flexibility index (Phi) is 4.20. The Morgan fingerprint density at radius 3 is 2.86 bits per heavy atom.